The van der Waals surface area contributed by atoms with E-state index < -0.39 is 0 Å². The summed E-state index contributed by atoms with van der Waals surface area (Å²) in [6, 6.07) is 7.69. The lowest BCUT2D eigenvalue weighted by Gasteiger charge is -2.05. The molecule has 0 heterocycles. The monoisotopic (exact) mass is 298 g/mol. The van der Waals surface area contributed by atoms with Crippen LogP contribution in [0.4, 0.5) is 5.69 Å². The molecule has 0 aliphatic heterocycles. The molecule has 0 aromatic heterocycles. The molecule has 17 heavy (non-hydrogen) atoms. The van der Waals surface area contributed by atoms with Crippen LogP contribution in [0.15, 0.2) is 34.5 Å². The van der Waals surface area contributed by atoms with E-state index in [0.29, 0.717) is 0 Å². The van der Waals surface area contributed by atoms with Crippen molar-refractivity contribution in [2.75, 3.05) is 19.0 Å². The Hall–Kier alpha value is -0.900. The van der Waals surface area contributed by atoms with E-state index in [4.69, 9.17) is 4.74 Å². The molecule has 0 N–H and O–H groups in total. The van der Waals surface area contributed by atoms with Gasteiger partial charge in [-0.25, -0.2) is 0 Å². The number of ether oxygens (including phenoxy) is 1. The molecule has 0 amide bonds. The van der Waals surface area contributed by atoms with E-state index in [1.165, 1.54) is 19.3 Å². The van der Waals surface area contributed by atoms with Crippen LogP contribution in [0.5, 0.6) is 5.75 Å². The molecule has 94 valence electrons. The maximum atomic E-state index is 5.64. The van der Waals surface area contributed by atoms with Crippen LogP contribution in [0.2, 0.25) is 0 Å². The van der Waals surface area contributed by atoms with Gasteiger partial charge in [0.25, 0.3) is 0 Å². The smallest absolute Gasteiger partial charge is 0.119 e. The van der Waals surface area contributed by atoms with E-state index in [1.54, 1.807) is 7.05 Å². The normalized spacial score (nSPS) is 10.9. The summed E-state index contributed by atoms with van der Waals surface area (Å²) >= 11 is 3.43. The van der Waals surface area contributed by atoms with Crippen molar-refractivity contribution in [3.63, 3.8) is 0 Å². The quantitative estimate of drug-likeness (QED) is 0.388. The summed E-state index contributed by atoms with van der Waals surface area (Å²) in [5, 5.41) is 8.76. The molecule has 3 nitrogen and oxygen atoms in total. The zero-order chi connectivity index (χ0) is 12.3. The highest BCUT2D eigenvalue weighted by Crippen LogP contribution is 2.18. The van der Waals surface area contributed by atoms with Crippen molar-refractivity contribution in [1.82, 2.24) is 0 Å². The van der Waals surface area contributed by atoms with Gasteiger partial charge in [-0.1, -0.05) is 28.8 Å². The highest BCUT2D eigenvalue weighted by molar-refractivity contribution is 9.09. The molecule has 0 spiro atoms. The third-order valence-electron chi connectivity index (χ3n) is 2.35. The Morgan fingerprint density at radius 3 is 2.41 bits per heavy atom. The fourth-order valence-electron chi connectivity index (χ4n) is 1.46. The maximum absolute atomic E-state index is 5.64. The number of benzene rings is 1. The number of rotatable bonds is 8. The van der Waals surface area contributed by atoms with E-state index in [1.807, 2.05) is 24.3 Å². The first-order valence-corrected chi connectivity index (χ1v) is 7.07. The van der Waals surface area contributed by atoms with Crippen molar-refractivity contribution in [1.29, 1.82) is 0 Å². The van der Waals surface area contributed by atoms with E-state index in [2.05, 4.69) is 26.2 Å². The van der Waals surface area contributed by atoms with Gasteiger partial charge in [0.15, 0.2) is 0 Å². The minimum Gasteiger partial charge on any atom is -0.494 e. The van der Waals surface area contributed by atoms with Crippen LogP contribution in [0, 0.1) is 0 Å². The number of azo groups is 1. The lowest BCUT2D eigenvalue weighted by molar-refractivity contribution is 0.305. The average Bonchev–Trinajstić information content (AvgIpc) is 2.36. The van der Waals surface area contributed by atoms with Gasteiger partial charge in [0.05, 0.1) is 12.3 Å². The summed E-state index contributed by atoms with van der Waals surface area (Å²) in [5.41, 5.74) is 0.858. The molecular weight excluding hydrogens is 280 g/mol. The minimum absolute atomic E-state index is 0.789. The summed E-state index contributed by atoms with van der Waals surface area (Å²) < 4.78 is 5.64. The predicted octanol–water partition coefficient (Wildman–Crippen LogP) is 4.73. The largest absolute Gasteiger partial charge is 0.494 e. The molecule has 0 radical (unpaired) electrons. The molecule has 1 aromatic rings. The van der Waals surface area contributed by atoms with Gasteiger partial charge >= 0.3 is 0 Å². The van der Waals surface area contributed by atoms with Gasteiger partial charge in [0.2, 0.25) is 0 Å². The number of alkyl halides is 1. The Morgan fingerprint density at radius 2 is 1.76 bits per heavy atom. The summed E-state index contributed by atoms with van der Waals surface area (Å²) in [5.74, 6) is 0.903. The number of hydrogen-bond donors (Lipinski definition) is 0. The molecule has 0 fully saturated rings. The Bertz CT molecular complexity index is 325. The van der Waals surface area contributed by atoms with Gasteiger partial charge in [-0.15, -0.1) is 0 Å². The summed E-state index contributed by atoms with van der Waals surface area (Å²) in [4.78, 5) is 0. The van der Waals surface area contributed by atoms with Crippen LogP contribution in [-0.4, -0.2) is 19.0 Å². The van der Waals surface area contributed by atoms with Gasteiger partial charge in [-0.2, -0.15) is 10.2 Å². The Labute approximate surface area is 111 Å². The van der Waals surface area contributed by atoms with E-state index >= 15 is 0 Å². The van der Waals surface area contributed by atoms with Crippen molar-refractivity contribution < 1.29 is 4.74 Å². The number of nitrogens with zero attached hydrogens (tertiary/aromatic N) is 2. The molecule has 0 atom stereocenters. The van der Waals surface area contributed by atoms with Gasteiger partial charge in [0.1, 0.15) is 5.75 Å². The second kappa shape index (κ2) is 9.16. The second-order valence-corrected chi connectivity index (χ2v) is 4.54. The Kier molecular flexibility index (Phi) is 7.63. The molecule has 0 bridgehead atoms. The molecule has 0 aliphatic rings. The van der Waals surface area contributed by atoms with Crippen LogP contribution >= 0.6 is 15.9 Å². The van der Waals surface area contributed by atoms with Gasteiger partial charge in [-0.3, -0.25) is 0 Å². The highest BCUT2D eigenvalue weighted by atomic mass is 79.9. The third kappa shape index (κ3) is 6.41. The molecule has 4 heteroatoms. The first kappa shape index (κ1) is 14.2. The van der Waals surface area contributed by atoms with Crippen LogP contribution in [0.25, 0.3) is 0 Å². The number of hydrogen-bond acceptors (Lipinski definition) is 3. The molecule has 0 saturated heterocycles. The van der Waals surface area contributed by atoms with Crippen molar-refractivity contribution in [2.45, 2.75) is 25.7 Å². The van der Waals surface area contributed by atoms with Crippen LogP contribution < -0.4 is 4.74 Å². The van der Waals surface area contributed by atoms with Crippen molar-refractivity contribution in [3.8, 4) is 5.75 Å². The topological polar surface area (TPSA) is 34.0 Å². The third-order valence-corrected chi connectivity index (χ3v) is 2.91. The first-order valence-electron chi connectivity index (χ1n) is 5.95. The molecular formula is C13H19BrN2O. The van der Waals surface area contributed by atoms with E-state index in [9.17, 15) is 0 Å². The first-order chi connectivity index (χ1) is 8.36. The van der Waals surface area contributed by atoms with Crippen molar-refractivity contribution in [3.05, 3.63) is 24.3 Å². The van der Waals surface area contributed by atoms with Crippen LogP contribution in [0.3, 0.4) is 0 Å². The second-order valence-electron chi connectivity index (χ2n) is 3.75. The molecule has 1 aromatic carbocycles. The predicted molar refractivity (Wildman–Crippen MR) is 74.6 cm³/mol. The average molecular weight is 299 g/mol. The summed E-state index contributed by atoms with van der Waals surface area (Å²) in [6.07, 6.45) is 4.86. The molecule has 1 rings (SSSR count). The SMILES string of the molecule is CN=Nc1ccc(OCCCCCCBr)cc1. The Morgan fingerprint density at radius 1 is 1.06 bits per heavy atom. The molecule has 0 aliphatic carbocycles. The van der Waals surface area contributed by atoms with Gasteiger partial charge in [0, 0.05) is 12.4 Å². The fourth-order valence-corrected chi connectivity index (χ4v) is 1.86. The van der Waals surface area contributed by atoms with Crippen LogP contribution in [0.1, 0.15) is 25.7 Å². The number of halogens is 1. The molecule has 0 unspecified atom stereocenters. The minimum atomic E-state index is 0.789. The lowest BCUT2D eigenvalue weighted by atomic mass is 10.2. The standard InChI is InChI=1S/C13H19BrN2O/c1-15-16-12-6-8-13(9-7-12)17-11-5-3-2-4-10-14/h6-9H,2-5,10-11H2,1H3. The van der Waals surface area contributed by atoms with Crippen molar-refractivity contribution >= 4 is 21.6 Å². The zero-order valence-electron chi connectivity index (χ0n) is 10.2. The molecule has 0 saturated carbocycles. The highest BCUT2D eigenvalue weighted by Gasteiger charge is 1.95. The maximum Gasteiger partial charge on any atom is 0.119 e. The van der Waals surface area contributed by atoms with E-state index in [-0.39, 0.29) is 0 Å². The Balaban J connectivity index is 2.18. The van der Waals surface area contributed by atoms with Gasteiger partial charge < -0.3 is 4.74 Å². The zero-order valence-corrected chi connectivity index (χ0v) is 11.8. The number of unbranched alkanes of at least 4 members (excludes halogenated alkanes) is 3. The lowest BCUT2D eigenvalue weighted by Crippen LogP contribution is -1.96. The summed E-state index contributed by atoms with van der Waals surface area (Å²) in [7, 11) is 1.66. The van der Waals surface area contributed by atoms with E-state index in [0.717, 1.165) is 29.8 Å². The van der Waals surface area contributed by atoms with Crippen molar-refractivity contribution in [2.24, 2.45) is 10.2 Å². The fraction of sp³-hybridized carbons (Fsp3) is 0.538. The van der Waals surface area contributed by atoms with Gasteiger partial charge in [-0.05, 0) is 37.1 Å². The summed E-state index contributed by atoms with van der Waals surface area (Å²) in [6.45, 7) is 0.789. The van der Waals surface area contributed by atoms with Crippen LogP contribution in [-0.2, 0) is 0 Å².